The summed E-state index contributed by atoms with van der Waals surface area (Å²) in [4.78, 5) is 23.7. The van der Waals surface area contributed by atoms with Crippen molar-refractivity contribution < 1.29 is 14.3 Å². The van der Waals surface area contributed by atoms with Crippen LogP contribution in [-0.4, -0.2) is 32.2 Å². The lowest BCUT2D eigenvalue weighted by Gasteiger charge is -2.09. The smallest absolute Gasteiger partial charge is 0.323 e. The summed E-state index contributed by atoms with van der Waals surface area (Å²) >= 11 is 0. The molecule has 0 bridgehead atoms. The summed E-state index contributed by atoms with van der Waals surface area (Å²) in [5.41, 5.74) is 3.40. The number of rotatable bonds is 7. The molecule has 0 aliphatic carbocycles. The third kappa shape index (κ3) is 6.64. The van der Waals surface area contributed by atoms with Crippen LogP contribution in [0.15, 0.2) is 48.5 Å². The highest BCUT2D eigenvalue weighted by atomic mass is 16.5. The molecule has 6 nitrogen and oxygen atoms in total. The van der Waals surface area contributed by atoms with Crippen molar-refractivity contribution in [1.29, 1.82) is 0 Å². The molecular weight excluding hydrogens is 318 g/mol. The number of methoxy groups -OCH3 is 1. The maximum Gasteiger partial charge on any atom is 0.323 e. The van der Waals surface area contributed by atoms with Gasteiger partial charge >= 0.3 is 6.03 Å². The maximum atomic E-state index is 12.0. The molecule has 3 amide bonds. The molecule has 0 aliphatic heterocycles. The molecule has 3 N–H and O–H groups in total. The molecule has 0 fully saturated rings. The zero-order valence-corrected chi connectivity index (χ0v) is 14.5. The predicted molar refractivity (Wildman–Crippen MR) is 98.9 cm³/mol. The Bertz CT molecular complexity index is 697. The highest BCUT2D eigenvalue weighted by molar-refractivity contribution is 5.99. The highest BCUT2D eigenvalue weighted by Gasteiger charge is 2.05. The third-order valence-electron chi connectivity index (χ3n) is 3.51. The van der Waals surface area contributed by atoms with Crippen molar-refractivity contribution in [3.8, 4) is 0 Å². The fraction of sp³-hybridized carbons (Fsp3) is 0.263. The quantitative estimate of drug-likeness (QED) is 0.678. The number of carbonyl (C=O) groups is 2. The second kappa shape index (κ2) is 9.44. The van der Waals surface area contributed by atoms with E-state index in [9.17, 15) is 9.59 Å². The van der Waals surface area contributed by atoms with Crippen LogP contribution in [0.5, 0.6) is 0 Å². The van der Waals surface area contributed by atoms with Gasteiger partial charge in [-0.2, -0.15) is 0 Å². The van der Waals surface area contributed by atoms with Gasteiger partial charge in [-0.05, 0) is 36.8 Å². The van der Waals surface area contributed by atoms with E-state index in [1.165, 1.54) is 0 Å². The van der Waals surface area contributed by atoms with E-state index in [4.69, 9.17) is 4.74 Å². The van der Waals surface area contributed by atoms with E-state index in [-0.39, 0.29) is 11.9 Å². The number of ether oxygens (including phenoxy) is 1. The number of anilines is 2. The van der Waals surface area contributed by atoms with E-state index in [1.807, 2.05) is 43.3 Å². The van der Waals surface area contributed by atoms with E-state index in [2.05, 4.69) is 16.0 Å². The molecule has 6 heteroatoms. The van der Waals surface area contributed by atoms with Gasteiger partial charge in [0.2, 0.25) is 5.91 Å². The molecule has 0 radical (unpaired) electrons. The van der Waals surface area contributed by atoms with Crippen LogP contribution in [0, 0.1) is 6.92 Å². The van der Waals surface area contributed by atoms with Gasteiger partial charge in [0, 0.05) is 25.0 Å². The monoisotopic (exact) mass is 341 g/mol. The lowest BCUT2D eigenvalue weighted by atomic mass is 10.1. The summed E-state index contributed by atoms with van der Waals surface area (Å²) in [5.74, 6) is -0.0603. The first kappa shape index (κ1) is 18.5. The Morgan fingerprint density at radius 1 is 0.920 bits per heavy atom. The summed E-state index contributed by atoms with van der Waals surface area (Å²) in [6, 6.07) is 14.4. The SMILES string of the molecule is COCCNC(=O)Cc1ccc(NC(=O)Nc2ccc(C)cc2)cc1. The van der Waals surface area contributed by atoms with Crippen molar-refractivity contribution in [3.05, 3.63) is 59.7 Å². The van der Waals surface area contributed by atoms with E-state index in [0.717, 1.165) is 16.8 Å². The van der Waals surface area contributed by atoms with E-state index < -0.39 is 0 Å². The molecule has 0 saturated heterocycles. The van der Waals surface area contributed by atoms with Crippen LogP contribution in [-0.2, 0) is 16.0 Å². The Morgan fingerprint density at radius 3 is 2.04 bits per heavy atom. The summed E-state index contributed by atoms with van der Waals surface area (Å²) < 4.78 is 4.88. The Balaban J connectivity index is 1.82. The van der Waals surface area contributed by atoms with Crippen LogP contribution in [0.4, 0.5) is 16.2 Å². The minimum Gasteiger partial charge on any atom is -0.383 e. The van der Waals surface area contributed by atoms with Crippen molar-refractivity contribution in [2.24, 2.45) is 0 Å². The minimum atomic E-state index is -0.311. The van der Waals surface area contributed by atoms with Gasteiger partial charge in [-0.1, -0.05) is 29.8 Å². The molecule has 0 spiro atoms. The van der Waals surface area contributed by atoms with Gasteiger partial charge in [-0.25, -0.2) is 4.79 Å². The molecule has 0 heterocycles. The fourth-order valence-electron chi connectivity index (χ4n) is 2.18. The van der Waals surface area contributed by atoms with Crippen molar-refractivity contribution in [1.82, 2.24) is 5.32 Å². The van der Waals surface area contributed by atoms with Gasteiger partial charge in [-0.15, -0.1) is 0 Å². The molecule has 0 aliphatic rings. The lowest BCUT2D eigenvalue weighted by Crippen LogP contribution is -2.28. The second-order valence-electron chi connectivity index (χ2n) is 5.66. The summed E-state index contributed by atoms with van der Waals surface area (Å²) in [5, 5.41) is 8.29. The Labute approximate surface area is 147 Å². The number of amides is 3. The molecule has 2 rings (SSSR count). The standard InChI is InChI=1S/C19H23N3O3/c1-14-3-7-16(8-4-14)21-19(24)22-17-9-5-15(6-10-17)13-18(23)20-11-12-25-2/h3-10H,11-13H2,1-2H3,(H,20,23)(H2,21,22,24). The predicted octanol–water partition coefficient (Wildman–Crippen LogP) is 2.94. The van der Waals surface area contributed by atoms with Gasteiger partial charge < -0.3 is 20.7 Å². The molecule has 2 aromatic rings. The number of hydrogen-bond acceptors (Lipinski definition) is 3. The van der Waals surface area contributed by atoms with Crippen molar-refractivity contribution in [3.63, 3.8) is 0 Å². The largest absolute Gasteiger partial charge is 0.383 e. The Hall–Kier alpha value is -2.86. The topological polar surface area (TPSA) is 79.5 Å². The van der Waals surface area contributed by atoms with Gasteiger partial charge in [-0.3, -0.25) is 4.79 Å². The molecule has 0 unspecified atom stereocenters. The molecule has 132 valence electrons. The number of nitrogens with one attached hydrogen (secondary N) is 3. The minimum absolute atomic E-state index is 0.0603. The normalized spacial score (nSPS) is 10.2. The van der Waals surface area contributed by atoms with E-state index in [0.29, 0.717) is 25.3 Å². The highest BCUT2D eigenvalue weighted by Crippen LogP contribution is 2.12. The van der Waals surface area contributed by atoms with Crippen molar-refractivity contribution >= 4 is 23.3 Å². The van der Waals surface area contributed by atoms with Crippen LogP contribution in [0.3, 0.4) is 0 Å². The van der Waals surface area contributed by atoms with Gasteiger partial charge in [0.15, 0.2) is 0 Å². The van der Waals surface area contributed by atoms with Crippen molar-refractivity contribution in [2.45, 2.75) is 13.3 Å². The number of urea groups is 1. The second-order valence-corrected chi connectivity index (χ2v) is 5.66. The maximum absolute atomic E-state index is 12.0. The van der Waals surface area contributed by atoms with Crippen LogP contribution < -0.4 is 16.0 Å². The Kier molecular flexibility index (Phi) is 6.98. The molecule has 0 aromatic heterocycles. The number of benzene rings is 2. The average Bonchev–Trinajstić information content (AvgIpc) is 2.59. The fourth-order valence-corrected chi connectivity index (χ4v) is 2.18. The summed E-state index contributed by atoms with van der Waals surface area (Å²) in [7, 11) is 1.59. The van der Waals surface area contributed by atoms with E-state index in [1.54, 1.807) is 19.2 Å². The van der Waals surface area contributed by atoms with E-state index >= 15 is 0 Å². The summed E-state index contributed by atoms with van der Waals surface area (Å²) in [6.45, 7) is 2.97. The number of carbonyl (C=O) groups excluding carboxylic acids is 2. The number of aryl methyl sites for hydroxylation is 1. The van der Waals surface area contributed by atoms with Crippen LogP contribution in [0.25, 0.3) is 0 Å². The third-order valence-corrected chi connectivity index (χ3v) is 3.51. The zero-order valence-electron chi connectivity index (χ0n) is 14.5. The first-order valence-corrected chi connectivity index (χ1v) is 8.06. The average molecular weight is 341 g/mol. The van der Waals surface area contributed by atoms with Gasteiger partial charge in [0.25, 0.3) is 0 Å². The zero-order chi connectivity index (χ0) is 18.1. The lowest BCUT2D eigenvalue weighted by molar-refractivity contribution is -0.120. The van der Waals surface area contributed by atoms with Crippen LogP contribution in [0.1, 0.15) is 11.1 Å². The first-order chi connectivity index (χ1) is 12.1. The molecule has 0 atom stereocenters. The first-order valence-electron chi connectivity index (χ1n) is 8.06. The van der Waals surface area contributed by atoms with Crippen LogP contribution in [0.2, 0.25) is 0 Å². The van der Waals surface area contributed by atoms with Gasteiger partial charge in [0.1, 0.15) is 0 Å². The molecule has 2 aromatic carbocycles. The van der Waals surface area contributed by atoms with Crippen LogP contribution >= 0.6 is 0 Å². The van der Waals surface area contributed by atoms with Gasteiger partial charge in [0.05, 0.1) is 13.0 Å². The summed E-state index contributed by atoms with van der Waals surface area (Å²) in [6.07, 6.45) is 0.291. The molecule has 25 heavy (non-hydrogen) atoms. The molecule has 0 saturated carbocycles. The van der Waals surface area contributed by atoms with Crippen molar-refractivity contribution in [2.75, 3.05) is 30.9 Å². The number of hydrogen-bond donors (Lipinski definition) is 3. The molecular formula is C19H23N3O3. The Morgan fingerprint density at radius 2 is 1.48 bits per heavy atom.